The molecule has 0 aromatic rings. The molecule has 92 valence electrons. The van der Waals surface area contributed by atoms with Gasteiger partial charge in [0.15, 0.2) is 0 Å². The minimum absolute atomic E-state index is 0.516. The normalized spacial score (nSPS) is 13.2. The van der Waals surface area contributed by atoms with Gasteiger partial charge in [-0.1, -0.05) is 0 Å². The number of nitrogens with zero attached hydrogens (tertiary/aromatic N) is 1. The van der Waals surface area contributed by atoms with Crippen molar-refractivity contribution in [1.29, 1.82) is 5.26 Å². The first-order valence-electron chi connectivity index (χ1n) is 3.17. The molecular weight excluding hydrogens is 257 g/mol. The number of allylic oxidation sites excluding steroid dienone is 1. The van der Waals surface area contributed by atoms with Crippen molar-refractivity contribution in [2.24, 2.45) is 0 Å². The molecule has 0 aliphatic heterocycles. The number of hydrogen-bond donors (Lipinski definition) is 0. The van der Waals surface area contributed by atoms with E-state index in [0.29, 0.717) is 0 Å². The summed E-state index contributed by atoms with van der Waals surface area (Å²) in [7, 11) is 0. The van der Waals surface area contributed by atoms with Gasteiger partial charge in [-0.3, -0.25) is 0 Å². The summed E-state index contributed by atoms with van der Waals surface area (Å²) in [5.41, 5.74) is 0. The second-order valence-corrected chi connectivity index (χ2v) is 2.41. The molecule has 0 atom stereocenters. The fourth-order valence-electron chi connectivity index (χ4n) is 0.524. The first kappa shape index (κ1) is 14.6. The highest BCUT2D eigenvalue weighted by Gasteiger charge is 2.75. The first-order chi connectivity index (χ1) is 6.91. The summed E-state index contributed by atoms with van der Waals surface area (Å²) in [5.74, 6) is -23.1. The van der Waals surface area contributed by atoms with Gasteiger partial charge < -0.3 is 0 Å². The van der Waals surface area contributed by atoms with Crippen LogP contribution in [0, 0.1) is 11.3 Å². The quantitative estimate of drug-likeness (QED) is 0.710. The summed E-state index contributed by atoms with van der Waals surface area (Å²) in [4.78, 5) is 0. The zero-order valence-corrected chi connectivity index (χ0v) is 6.85. The predicted octanol–water partition coefficient (Wildman–Crippen LogP) is 3.49. The molecule has 0 unspecified atom stereocenters. The maximum absolute atomic E-state index is 12.3. The molecule has 16 heavy (non-hydrogen) atoms. The fraction of sp³-hybridized carbons (Fsp3) is 0.500. The molecule has 0 fully saturated rings. The Morgan fingerprint density at radius 2 is 1.25 bits per heavy atom. The van der Waals surface area contributed by atoms with E-state index in [4.69, 9.17) is 5.26 Å². The van der Waals surface area contributed by atoms with E-state index in [-0.39, 0.29) is 0 Å². The van der Waals surface area contributed by atoms with E-state index in [1.54, 1.807) is 0 Å². The second kappa shape index (κ2) is 3.88. The molecule has 1 nitrogen and oxygen atoms in total. The molecule has 0 radical (unpaired) electrons. The SMILES string of the molecule is N#CC(F)(F)C(F)(F)C(F)(F)C(F)=C(F)F. The van der Waals surface area contributed by atoms with Crippen molar-refractivity contribution in [3.8, 4) is 6.07 Å². The molecule has 0 rings (SSSR count). The zero-order chi connectivity index (χ0) is 13.4. The van der Waals surface area contributed by atoms with Gasteiger partial charge in [0, 0.05) is 0 Å². The van der Waals surface area contributed by atoms with Gasteiger partial charge in [0.2, 0.25) is 5.83 Å². The van der Waals surface area contributed by atoms with Crippen LogP contribution in [0.4, 0.5) is 39.5 Å². The lowest BCUT2D eigenvalue weighted by Crippen LogP contribution is -2.53. The number of rotatable bonds is 3. The standard InChI is InChI=1S/C6F9N/c7-2(3(8)9)5(12,13)6(14,15)4(10,11)1-16. The van der Waals surface area contributed by atoms with E-state index in [9.17, 15) is 39.5 Å². The summed E-state index contributed by atoms with van der Waals surface area (Å²) in [6.45, 7) is 0. The molecular formula is C6F9N. The van der Waals surface area contributed by atoms with Gasteiger partial charge in [-0.05, 0) is 0 Å². The maximum Gasteiger partial charge on any atom is 0.400 e. The van der Waals surface area contributed by atoms with Crippen molar-refractivity contribution in [3.05, 3.63) is 11.9 Å². The Bertz CT molecular complexity index is 346. The topological polar surface area (TPSA) is 23.8 Å². The Balaban J connectivity index is 5.68. The average Bonchev–Trinajstić information content (AvgIpc) is 2.15. The average molecular weight is 257 g/mol. The Morgan fingerprint density at radius 3 is 1.50 bits per heavy atom. The van der Waals surface area contributed by atoms with E-state index < -0.39 is 35.7 Å². The van der Waals surface area contributed by atoms with Crippen molar-refractivity contribution in [3.63, 3.8) is 0 Å². The van der Waals surface area contributed by atoms with Crippen LogP contribution in [0.15, 0.2) is 11.9 Å². The Morgan fingerprint density at radius 1 is 0.875 bits per heavy atom. The number of hydrogen-bond acceptors (Lipinski definition) is 1. The van der Waals surface area contributed by atoms with Crippen LogP contribution < -0.4 is 0 Å². The highest BCUT2D eigenvalue weighted by atomic mass is 19.3. The third-order valence-electron chi connectivity index (χ3n) is 1.37. The smallest absolute Gasteiger partial charge is 0.199 e. The number of alkyl halides is 6. The molecule has 0 aliphatic rings. The predicted molar refractivity (Wildman–Crippen MR) is 30.8 cm³/mol. The van der Waals surface area contributed by atoms with Crippen molar-refractivity contribution < 1.29 is 39.5 Å². The second-order valence-electron chi connectivity index (χ2n) is 2.41. The fourth-order valence-corrected chi connectivity index (χ4v) is 0.524. The van der Waals surface area contributed by atoms with Crippen molar-refractivity contribution in [2.75, 3.05) is 0 Å². The van der Waals surface area contributed by atoms with Crippen LogP contribution in [-0.2, 0) is 0 Å². The summed E-state index contributed by atoms with van der Waals surface area (Å²) in [5, 5.41) is 7.47. The third-order valence-corrected chi connectivity index (χ3v) is 1.37. The summed E-state index contributed by atoms with van der Waals surface area (Å²) in [6, 6.07) is -0.516. The van der Waals surface area contributed by atoms with Crippen molar-refractivity contribution in [2.45, 2.75) is 17.8 Å². The number of nitriles is 1. The van der Waals surface area contributed by atoms with Crippen LogP contribution in [-0.4, -0.2) is 17.8 Å². The van der Waals surface area contributed by atoms with Crippen LogP contribution in [0.25, 0.3) is 0 Å². The Hall–Kier alpha value is -1.40. The van der Waals surface area contributed by atoms with Crippen LogP contribution in [0.2, 0.25) is 0 Å². The third kappa shape index (κ3) is 1.94. The van der Waals surface area contributed by atoms with E-state index in [1.165, 1.54) is 0 Å². The van der Waals surface area contributed by atoms with Crippen molar-refractivity contribution >= 4 is 0 Å². The molecule has 0 amide bonds. The summed E-state index contributed by atoms with van der Waals surface area (Å²) in [6.07, 6.45) is -3.88. The highest BCUT2D eigenvalue weighted by Crippen LogP contribution is 2.50. The van der Waals surface area contributed by atoms with Crippen LogP contribution in [0.1, 0.15) is 0 Å². The molecule has 10 heteroatoms. The number of halogens is 9. The summed E-state index contributed by atoms with van der Waals surface area (Å²) >= 11 is 0. The van der Waals surface area contributed by atoms with Gasteiger partial charge in [-0.2, -0.15) is 44.8 Å². The zero-order valence-electron chi connectivity index (χ0n) is 6.85. The van der Waals surface area contributed by atoms with E-state index >= 15 is 0 Å². The minimum atomic E-state index is -6.59. The summed E-state index contributed by atoms with van der Waals surface area (Å²) < 4.78 is 108. The highest BCUT2D eigenvalue weighted by molar-refractivity contribution is 5.18. The molecule has 0 aromatic carbocycles. The van der Waals surface area contributed by atoms with Gasteiger partial charge in [-0.15, -0.1) is 0 Å². The lowest BCUT2D eigenvalue weighted by molar-refractivity contribution is -0.280. The largest absolute Gasteiger partial charge is 0.400 e. The lowest BCUT2D eigenvalue weighted by atomic mass is 10.0. The van der Waals surface area contributed by atoms with E-state index in [1.807, 2.05) is 0 Å². The van der Waals surface area contributed by atoms with Gasteiger partial charge in [0.05, 0.1) is 0 Å². The molecule has 0 heterocycles. The van der Waals surface area contributed by atoms with Gasteiger partial charge >= 0.3 is 23.8 Å². The molecule has 0 saturated heterocycles. The van der Waals surface area contributed by atoms with E-state index in [0.717, 1.165) is 0 Å². The molecule has 0 spiro atoms. The maximum atomic E-state index is 12.3. The van der Waals surface area contributed by atoms with E-state index in [2.05, 4.69) is 0 Å². The minimum Gasteiger partial charge on any atom is -0.199 e. The molecule has 0 saturated carbocycles. The Labute approximate surface area is 81.8 Å². The van der Waals surface area contributed by atoms with Crippen LogP contribution in [0.5, 0.6) is 0 Å². The lowest BCUT2D eigenvalue weighted by Gasteiger charge is -2.27. The van der Waals surface area contributed by atoms with Crippen LogP contribution >= 0.6 is 0 Å². The molecule has 0 bridgehead atoms. The molecule has 0 aliphatic carbocycles. The van der Waals surface area contributed by atoms with Crippen molar-refractivity contribution in [1.82, 2.24) is 0 Å². The van der Waals surface area contributed by atoms with Gasteiger partial charge in [0.25, 0.3) is 0 Å². The van der Waals surface area contributed by atoms with Crippen LogP contribution in [0.3, 0.4) is 0 Å². The monoisotopic (exact) mass is 257 g/mol. The first-order valence-corrected chi connectivity index (χ1v) is 3.17. The van der Waals surface area contributed by atoms with Gasteiger partial charge in [0.1, 0.15) is 6.07 Å². The molecule has 0 N–H and O–H groups in total. The Kier molecular flexibility index (Phi) is 3.54. The molecule has 0 aromatic heterocycles. The van der Waals surface area contributed by atoms with Gasteiger partial charge in [-0.25, -0.2) is 0 Å².